The molecule has 1 aromatic carbocycles. The molecule has 1 unspecified atom stereocenters. The predicted octanol–water partition coefficient (Wildman–Crippen LogP) is 2.85. The third-order valence-corrected chi connectivity index (χ3v) is 3.13. The predicted molar refractivity (Wildman–Crippen MR) is 68.8 cm³/mol. The van der Waals surface area contributed by atoms with Crippen LogP contribution in [0.3, 0.4) is 0 Å². The van der Waals surface area contributed by atoms with Crippen molar-refractivity contribution >= 4 is 0 Å². The number of hydrogen-bond donors (Lipinski definition) is 1. The van der Waals surface area contributed by atoms with Crippen molar-refractivity contribution < 1.29 is 22.6 Å². The van der Waals surface area contributed by atoms with Crippen molar-refractivity contribution in [1.82, 2.24) is 5.32 Å². The molecule has 0 aliphatic carbocycles. The molecule has 1 N–H and O–H groups in total. The van der Waals surface area contributed by atoms with Crippen LogP contribution in [0.25, 0.3) is 0 Å². The lowest BCUT2D eigenvalue weighted by atomic mass is 10.2. The van der Waals surface area contributed by atoms with E-state index >= 15 is 0 Å². The first-order chi connectivity index (χ1) is 9.55. The third-order valence-electron chi connectivity index (χ3n) is 3.13. The molecular formula is C14H18F3NO2. The lowest BCUT2D eigenvalue weighted by Crippen LogP contribution is -2.29. The summed E-state index contributed by atoms with van der Waals surface area (Å²) in [6.07, 6.45) is -1.84. The van der Waals surface area contributed by atoms with Crippen molar-refractivity contribution in [3.05, 3.63) is 29.8 Å². The lowest BCUT2D eigenvalue weighted by Gasteiger charge is -2.12. The van der Waals surface area contributed by atoms with E-state index in [-0.39, 0.29) is 6.10 Å². The highest BCUT2D eigenvalue weighted by molar-refractivity contribution is 5.28. The first-order valence-corrected chi connectivity index (χ1v) is 6.68. The van der Waals surface area contributed by atoms with Gasteiger partial charge < -0.3 is 14.8 Å². The molecule has 1 aliphatic rings. The van der Waals surface area contributed by atoms with Gasteiger partial charge in [0.15, 0.2) is 0 Å². The van der Waals surface area contributed by atoms with E-state index in [2.05, 4.69) is 5.32 Å². The summed E-state index contributed by atoms with van der Waals surface area (Å²) >= 11 is 0. The first kappa shape index (κ1) is 15.1. The summed E-state index contributed by atoms with van der Waals surface area (Å²) in [7, 11) is 0. The maximum atomic E-state index is 12.4. The maximum absolute atomic E-state index is 12.4. The molecule has 0 spiro atoms. The molecule has 3 nitrogen and oxygen atoms in total. The van der Waals surface area contributed by atoms with Crippen LogP contribution in [-0.4, -0.2) is 32.4 Å². The Hall–Kier alpha value is -1.27. The highest BCUT2D eigenvalue weighted by Crippen LogP contribution is 2.30. The SMILES string of the molecule is FC(F)(F)c1ccc(OCCNCC2CCCO2)cc1. The van der Waals surface area contributed by atoms with Crippen LogP contribution < -0.4 is 10.1 Å². The molecule has 112 valence electrons. The standard InChI is InChI=1S/C14H18F3NO2/c15-14(16,17)11-3-5-12(6-4-11)20-9-7-18-10-13-2-1-8-19-13/h3-6,13,18H,1-2,7-10H2. The minimum absolute atomic E-state index is 0.279. The Morgan fingerprint density at radius 2 is 2.00 bits per heavy atom. The number of halogens is 3. The molecule has 1 saturated heterocycles. The van der Waals surface area contributed by atoms with Crippen LogP contribution in [0.2, 0.25) is 0 Å². The fourth-order valence-corrected chi connectivity index (χ4v) is 2.05. The van der Waals surface area contributed by atoms with Gasteiger partial charge in [-0.1, -0.05) is 0 Å². The van der Waals surface area contributed by atoms with Gasteiger partial charge in [0.25, 0.3) is 0 Å². The molecule has 0 saturated carbocycles. The highest BCUT2D eigenvalue weighted by atomic mass is 19.4. The smallest absolute Gasteiger partial charge is 0.416 e. The monoisotopic (exact) mass is 289 g/mol. The van der Waals surface area contributed by atoms with E-state index < -0.39 is 11.7 Å². The van der Waals surface area contributed by atoms with E-state index in [1.165, 1.54) is 12.1 Å². The van der Waals surface area contributed by atoms with Gasteiger partial charge in [-0.15, -0.1) is 0 Å². The quantitative estimate of drug-likeness (QED) is 0.817. The normalized spacial score (nSPS) is 19.2. The van der Waals surface area contributed by atoms with Gasteiger partial charge in [0.05, 0.1) is 11.7 Å². The van der Waals surface area contributed by atoms with Gasteiger partial charge in [-0.25, -0.2) is 0 Å². The summed E-state index contributed by atoms with van der Waals surface area (Å²) in [5.41, 5.74) is -0.665. The fraction of sp³-hybridized carbons (Fsp3) is 0.571. The molecule has 0 radical (unpaired) electrons. The van der Waals surface area contributed by atoms with Gasteiger partial charge in [-0.3, -0.25) is 0 Å². The molecule has 0 bridgehead atoms. The number of hydrogen-bond acceptors (Lipinski definition) is 3. The molecule has 1 fully saturated rings. The Labute approximate surface area is 116 Å². The van der Waals surface area contributed by atoms with Crippen molar-refractivity contribution in [3.63, 3.8) is 0 Å². The summed E-state index contributed by atoms with van der Waals surface area (Å²) in [6, 6.07) is 4.72. The second kappa shape index (κ2) is 6.95. The third kappa shape index (κ3) is 4.68. The summed E-state index contributed by atoms with van der Waals surface area (Å²) in [5, 5.41) is 3.20. The topological polar surface area (TPSA) is 30.5 Å². The van der Waals surface area contributed by atoms with Gasteiger partial charge >= 0.3 is 6.18 Å². The molecule has 6 heteroatoms. The Morgan fingerprint density at radius 3 is 2.60 bits per heavy atom. The van der Waals surface area contributed by atoms with Crippen LogP contribution in [0.5, 0.6) is 5.75 Å². The lowest BCUT2D eigenvalue weighted by molar-refractivity contribution is -0.137. The number of benzene rings is 1. The number of nitrogens with one attached hydrogen (secondary N) is 1. The molecular weight excluding hydrogens is 271 g/mol. The summed E-state index contributed by atoms with van der Waals surface area (Å²) in [6.45, 7) is 2.67. The van der Waals surface area contributed by atoms with Crippen molar-refractivity contribution in [2.24, 2.45) is 0 Å². The first-order valence-electron chi connectivity index (χ1n) is 6.68. The largest absolute Gasteiger partial charge is 0.492 e. The molecule has 1 aliphatic heterocycles. The zero-order valence-electron chi connectivity index (χ0n) is 11.1. The zero-order chi connectivity index (χ0) is 14.4. The average Bonchev–Trinajstić information content (AvgIpc) is 2.91. The second-order valence-electron chi connectivity index (χ2n) is 4.71. The van der Waals surface area contributed by atoms with Crippen molar-refractivity contribution in [2.75, 3.05) is 26.3 Å². The minimum atomic E-state index is -4.30. The molecule has 2 rings (SSSR count). The molecule has 1 atom stereocenters. The van der Waals surface area contributed by atoms with E-state index in [1.54, 1.807) is 0 Å². The molecule has 0 amide bonds. The molecule has 0 aromatic heterocycles. The van der Waals surface area contributed by atoms with Crippen LogP contribution in [-0.2, 0) is 10.9 Å². The van der Waals surface area contributed by atoms with Crippen LogP contribution in [0, 0.1) is 0 Å². The van der Waals surface area contributed by atoms with Crippen LogP contribution >= 0.6 is 0 Å². The maximum Gasteiger partial charge on any atom is 0.416 e. The van der Waals surface area contributed by atoms with Gasteiger partial charge in [0.1, 0.15) is 12.4 Å². The van der Waals surface area contributed by atoms with Crippen LogP contribution in [0.4, 0.5) is 13.2 Å². The number of rotatable bonds is 6. The van der Waals surface area contributed by atoms with Crippen molar-refractivity contribution in [3.8, 4) is 5.75 Å². The van der Waals surface area contributed by atoms with Crippen LogP contribution in [0.15, 0.2) is 24.3 Å². The van der Waals surface area contributed by atoms with E-state index in [9.17, 15) is 13.2 Å². The average molecular weight is 289 g/mol. The Kier molecular flexibility index (Phi) is 5.25. The molecule has 1 aromatic rings. The highest BCUT2D eigenvalue weighted by Gasteiger charge is 2.29. The van der Waals surface area contributed by atoms with E-state index in [0.29, 0.717) is 18.9 Å². The van der Waals surface area contributed by atoms with Gasteiger partial charge in [0, 0.05) is 19.7 Å². The zero-order valence-corrected chi connectivity index (χ0v) is 11.1. The number of ether oxygens (including phenoxy) is 2. The van der Waals surface area contributed by atoms with Crippen LogP contribution in [0.1, 0.15) is 18.4 Å². The van der Waals surface area contributed by atoms with Gasteiger partial charge in [-0.05, 0) is 37.1 Å². The van der Waals surface area contributed by atoms with Crippen molar-refractivity contribution in [2.45, 2.75) is 25.1 Å². The molecule has 20 heavy (non-hydrogen) atoms. The Morgan fingerprint density at radius 1 is 1.25 bits per heavy atom. The summed E-state index contributed by atoms with van der Waals surface area (Å²) < 4.78 is 47.9. The minimum Gasteiger partial charge on any atom is -0.492 e. The Balaban J connectivity index is 1.64. The van der Waals surface area contributed by atoms with Gasteiger partial charge in [-0.2, -0.15) is 13.2 Å². The van der Waals surface area contributed by atoms with Crippen molar-refractivity contribution in [1.29, 1.82) is 0 Å². The Bertz CT molecular complexity index is 400. The summed E-state index contributed by atoms with van der Waals surface area (Å²) in [4.78, 5) is 0. The summed E-state index contributed by atoms with van der Waals surface area (Å²) in [5.74, 6) is 0.442. The number of alkyl halides is 3. The molecule has 1 heterocycles. The van der Waals surface area contributed by atoms with E-state index in [0.717, 1.165) is 38.1 Å². The van der Waals surface area contributed by atoms with E-state index in [1.807, 2.05) is 0 Å². The van der Waals surface area contributed by atoms with Gasteiger partial charge in [0.2, 0.25) is 0 Å². The second-order valence-corrected chi connectivity index (χ2v) is 4.71. The fourth-order valence-electron chi connectivity index (χ4n) is 2.05. The van der Waals surface area contributed by atoms with E-state index in [4.69, 9.17) is 9.47 Å².